The van der Waals surface area contributed by atoms with E-state index in [1.165, 1.54) is 39.0 Å². The maximum absolute atomic E-state index is 2.40. The van der Waals surface area contributed by atoms with Gasteiger partial charge < -0.3 is 9.80 Å². The highest BCUT2D eigenvalue weighted by atomic mass is 15.2. The zero-order chi connectivity index (χ0) is 25.9. The molecule has 1 aliphatic rings. The summed E-state index contributed by atoms with van der Waals surface area (Å²) < 4.78 is 0. The number of benzene rings is 5. The molecular weight excluding hydrogens is 460 g/mol. The van der Waals surface area contributed by atoms with Crippen molar-refractivity contribution in [1.29, 1.82) is 0 Å². The smallest absolute Gasteiger partial charge is 0.0541 e. The summed E-state index contributed by atoms with van der Waals surface area (Å²) in [5.74, 6) is 0. The summed E-state index contributed by atoms with van der Waals surface area (Å²) in [7, 11) is 0. The zero-order valence-corrected chi connectivity index (χ0v) is 22.0. The lowest BCUT2D eigenvalue weighted by Crippen LogP contribution is -2.17. The van der Waals surface area contributed by atoms with E-state index in [9.17, 15) is 0 Å². The Morgan fingerprint density at radius 3 is 1.53 bits per heavy atom. The predicted octanol–water partition coefficient (Wildman–Crippen LogP) is 10.3. The Hall–Kier alpha value is -4.56. The summed E-state index contributed by atoms with van der Waals surface area (Å²) in [6, 6.07) is 41.6. The van der Waals surface area contributed by atoms with Gasteiger partial charge in [0.15, 0.2) is 0 Å². The second kappa shape index (κ2) is 10.4. The molecule has 5 aromatic rings. The summed E-state index contributed by atoms with van der Waals surface area (Å²) >= 11 is 0. The highest BCUT2D eigenvalue weighted by Crippen LogP contribution is 2.44. The molecule has 0 aromatic heterocycles. The quantitative estimate of drug-likeness (QED) is 0.233. The molecule has 38 heavy (non-hydrogen) atoms. The molecule has 2 heteroatoms. The van der Waals surface area contributed by atoms with Crippen molar-refractivity contribution in [2.75, 3.05) is 9.80 Å². The largest absolute Gasteiger partial charge is 0.310 e. The number of nitrogens with zero attached hydrogens (tertiary/aromatic N) is 2. The fraction of sp³-hybridized carbons (Fsp3) is 0.111. The van der Waals surface area contributed by atoms with Crippen LogP contribution in [0.25, 0.3) is 10.8 Å². The van der Waals surface area contributed by atoms with E-state index < -0.39 is 0 Å². The second-order valence-electron chi connectivity index (χ2n) is 9.94. The van der Waals surface area contributed by atoms with Crippen molar-refractivity contribution in [3.8, 4) is 0 Å². The number of anilines is 5. The molecule has 5 aromatic carbocycles. The summed E-state index contributed by atoms with van der Waals surface area (Å²) in [4.78, 5) is 4.77. The Kier molecular flexibility index (Phi) is 6.54. The molecule has 186 valence electrons. The fourth-order valence-corrected chi connectivity index (χ4v) is 5.24. The lowest BCUT2D eigenvalue weighted by Gasteiger charge is -2.31. The third-order valence-corrected chi connectivity index (χ3v) is 7.19. The van der Waals surface area contributed by atoms with E-state index in [-0.39, 0.29) is 0 Å². The molecule has 0 N–H and O–H groups in total. The first-order valence-electron chi connectivity index (χ1n) is 13.4. The van der Waals surface area contributed by atoms with Gasteiger partial charge in [-0.3, -0.25) is 0 Å². The molecule has 1 aliphatic carbocycles. The minimum Gasteiger partial charge on any atom is -0.310 e. The number of rotatable bonds is 6. The molecule has 0 saturated carbocycles. The van der Waals surface area contributed by atoms with Crippen LogP contribution in [0.5, 0.6) is 0 Å². The topological polar surface area (TPSA) is 6.48 Å². The lowest BCUT2D eigenvalue weighted by molar-refractivity contribution is 0.998. The first kappa shape index (κ1) is 23.8. The van der Waals surface area contributed by atoms with E-state index in [2.05, 4.69) is 157 Å². The van der Waals surface area contributed by atoms with Crippen LogP contribution in [-0.4, -0.2) is 0 Å². The van der Waals surface area contributed by atoms with Crippen molar-refractivity contribution in [1.82, 2.24) is 0 Å². The Labute approximate surface area is 225 Å². The third kappa shape index (κ3) is 4.62. The van der Waals surface area contributed by atoms with E-state index in [1.807, 2.05) is 0 Å². The van der Waals surface area contributed by atoms with Crippen molar-refractivity contribution in [3.05, 3.63) is 150 Å². The zero-order valence-electron chi connectivity index (χ0n) is 22.0. The van der Waals surface area contributed by atoms with E-state index in [0.717, 1.165) is 29.9 Å². The van der Waals surface area contributed by atoms with Crippen molar-refractivity contribution in [3.63, 3.8) is 0 Å². The van der Waals surface area contributed by atoms with E-state index in [4.69, 9.17) is 0 Å². The standard InChI is InChI=1S/C36H32N2/c1-27-17-21-31(22-18-27)37(29-11-5-3-6-12-29)35-25-26-36(34-16-10-9-15-33(34)35)38(30-13-7-4-8-14-30)32-23-19-28(2)20-24-32/h3,5-7,9-26H,4,8H2,1-2H3. The summed E-state index contributed by atoms with van der Waals surface area (Å²) in [5.41, 5.74) is 9.54. The first-order valence-corrected chi connectivity index (χ1v) is 13.4. The highest BCUT2D eigenvalue weighted by molar-refractivity contribution is 6.06. The normalized spacial score (nSPS) is 12.8. The fourth-order valence-electron chi connectivity index (χ4n) is 5.24. The van der Waals surface area contributed by atoms with Crippen molar-refractivity contribution in [2.24, 2.45) is 0 Å². The first-order chi connectivity index (χ1) is 18.7. The van der Waals surface area contributed by atoms with Gasteiger partial charge in [0.05, 0.1) is 11.4 Å². The van der Waals surface area contributed by atoms with Crippen LogP contribution in [0.2, 0.25) is 0 Å². The average Bonchev–Trinajstić information content (AvgIpc) is 2.97. The Balaban J connectivity index is 1.57. The number of allylic oxidation sites excluding steroid dienone is 3. The summed E-state index contributed by atoms with van der Waals surface area (Å²) in [5, 5.41) is 2.44. The molecule has 0 saturated heterocycles. The molecule has 0 unspecified atom stereocenters. The molecule has 0 bridgehead atoms. The van der Waals surface area contributed by atoms with Gasteiger partial charge in [-0.2, -0.15) is 0 Å². The highest BCUT2D eigenvalue weighted by Gasteiger charge is 2.21. The third-order valence-electron chi connectivity index (χ3n) is 7.19. The van der Waals surface area contributed by atoms with E-state index in [1.54, 1.807) is 0 Å². The predicted molar refractivity (Wildman–Crippen MR) is 163 cm³/mol. The van der Waals surface area contributed by atoms with Crippen molar-refractivity contribution in [2.45, 2.75) is 26.7 Å². The van der Waals surface area contributed by atoms with Gasteiger partial charge in [0, 0.05) is 33.5 Å². The maximum atomic E-state index is 2.40. The van der Waals surface area contributed by atoms with Crippen LogP contribution in [0.1, 0.15) is 24.0 Å². The minimum atomic E-state index is 1.05. The number of fused-ring (bicyclic) bond motifs is 1. The van der Waals surface area contributed by atoms with Crippen LogP contribution < -0.4 is 9.80 Å². The average molecular weight is 493 g/mol. The molecule has 0 fully saturated rings. The summed E-state index contributed by atoms with van der Waals surface area (Å²) in [6.45, 7) is 4.27. The van der Waals surface area contributed by atoms with Gasteiger partial charge in [-0.1, -0.05) is 90.0 Å². The van der Waals surface area contributed by atoms with Crippen LogP contribution in [-0.2, 0) is 0 Å². The molecule has 0 atom stereocenters. The molecule has 0 aliphatic heterocycles. The number of aryl methyl sites for hydroxylation is 2. The van der Waals surface area contributed by atoms with Gasteiger partial charge in [0.25, 0.3) is 0 Å². The van der Waals surface area contributed by atoms with Crippen LogP contribution in [0.3, 0.4) is 0 Å². The molecular formula is C36H32N2. The van der Waals surface area contributed by atoms with Gasteiger partial charge in [-0.15, -0.1) is 0 Å². The number of hydrogen-bond donors (Lipinski definition) is 0. The Morgan fingerprint density at radius 1 is 0.474 bits per heavy atom. The van der Waals surface area contributed by atoms with Gasteiger partial charge in [-0.05, 0) is 81.3 Å². The van der Waals surface area contributed by atoms with Gasteiger partial charge in [-0.25, -0.2) is 0 Å². The Morgan fingerprint density at radius 2 is 0.974 bits per heavy atom. The maximum Gasteiger partial charge on any atom is 0.0541 e. The van der Waals surface area contributed by atoms with Crippen LogP contribution >= 0.6 is 0 Å². The molecule has 0 radical (unpaired) electrons. The molecule has 6 rings (SSSR count). The number of para-hydroxylation sites is 1. The van der Waals surface area contributed by atoms with Crippen LogP contribution in [0.4, 0.5) is 28.4 Å². The number of hydrogen-bond acceptors (Lipinski definition) is 2. The van der Waals surface area contributed by atoms with Gasteiger partial charge >= 0.3 is 0 Å². The molecule has 0 spiro atoms. The van der Waals surface area contributed by atoms with Crippen LogP contribution in [0, 0.1) is 13.8 Å². The summed E-state index contributed by atoms with van der Waals surface area (Å²) in [6.07, 6.45) is 9.04. The van der Waals surface area contributed by atoms with Crippen molar-refractivity contribution >= 4 is 39.2 Å². The van der Waals surface area contributed by atoms with Crippen molar-refractivity contribution < 1.29 is 0 Å². The van der Waals surface area contributed by atoms with Gasteiger partial charge in [0.2, 0.25) is 0 Å². The minimum absolute atomic E-state index is 1.05. The molecule has 0 amide bonds. The van der Waals surface area contributed by atoms with E-state index >= 15 is 0 Å². The lowest BCUT2D eigenvalue weighted by atomic mass is 10.0. The SMILES string of the molecule is Cc1ccc(N(C2=CCCC=C2)c2ccc(N(c3ccccc3)c3ccc(C)cc3)c3ccccc23)cc1. The molecule has 0 heterocycles. The molecule has 2 nitrogen and oxygen atoms in total. The van der Waals surface area contributed by atoms with E-state index in [0.29, 0.717) is 0 Å². The Bertz CT molecular complexity index is 1610. The monoisotopic (exact) mass is 492 g/mol. The van der Waals surface area contributed by atoms with Gasteiger partial charge in [0.1, 0.15) is 0 Å². The second-order valence-corrected chi connectivity index (χ2v) is 9.94. The van der Waals surface area contributed by atoms with Crippen LogP contribution in [0.15, 0.2) is 139 Å².